The molecule has 0 heterocycles. The molecule has 0 radical (unpaired) electrons. The third kappa shape index (κ3) is 3.45. The lowest BCUT2D eigenvalue weighted by Crippen LogP contribution is -2.27. The summed E-state index contributed by atoms with van der Waals surface area (Å²) in [5.74, 6) is -0.674. The standard InChI is InChI=1S/C14H18FNO2/c15-12-3-1-2-4-13(12)16-11-7-5-10(6-8-11)9-14(17)18/h1-4,10-11,16H,5-9H2,(H,17,18). The van der Waals surface area contributed by atoms with Gasteiger partial charge in [-0.15, -0.1) is 0 Å². The largest absolute Gasteiger partial charge is 0.481 e. The van der Waals surface area contributed by atoms with E-state index in [9.17, 15) is 9.18 Å². The number of anilines is 1. The number of halogens is 1. The molecule has 2 rings (SSSR count). The molecule has 0 unspecified atom stereocenters. The van der Waals surface area contributed by atoms with Crippen molar-refractivity contribution in [2.75, 3.05) is 5.32 Å². The Balaban J connectivity index is 1.84. The Labute approximate surface area is 106 Å². The van der Waals surface area contributed by atoms with Gasteiger partial charge in [0.1, 0.15) is 5.82 Å². The zero-order valence-corrected chi connectivity index (χ0v) is 10.2. The molecule has 0 saturated heterocycles. The first-order valence-electron chi connectivity index (χ1n) is 6.38. The third-order valence-corrected chi connectivity index (χ3v) is 3.54. The fraction of sp³-hybridized carbons (Fsp3) is 0.500. The Hall–Kier alpha value is -1.58. The smallest absolute Gasteiger partial charge is 0.303 e. The molecule has 18 heavy (non-hydrogen) atoms. The molecule has 1 aromatic rings. The molecule has 0 atom stereocenters. The first-order chi connectivity index (χ1) is 8.65. The van der Waals surface area contributed by atoms with Gasteiger partial charge in [-0.1, -0.05) is 12.1 Å². The topological polar surface area (TPSA) is 49.3 Å². The predicted octanol–water partition coefficient (Wildman–Crippen LogP) is 3.27. The van der Waals surface area contributed by atoms with Gasteiger partial charge < -0.3 is 10.4 Å². The summed E-state index contributed by atoms with van der Waals surface area (Å²) in [6.45, 7) is 0. The summed E-state index contributed by atoms with van der Waals surface area (Å²) < 4.78 is 13.5. The van der Waals surface area contributed by atoms with Crippen LogP contribution in [-0.2, 0) is 4.79 Å². The van der Waals surface area contributed by atoms with Crippen LogP contribution in [0.5, 0.6) is 0 Å². The highest BCUT2D eigenvalue weighted by Crippen LogP contribution is 2.29. The average molecular weight is 251 g/mol. The molecule has 98 valence electrons. The number of nitrogens with one attached hydrogen (secondary N) is 1. The van der Waals surface area contributed by atoms with Crippen molar-refractivity contribution in [3.05, 3.63) is 30.1 Å². The van der Waals surface area contributed by atoms with Crippen LogP contribution in [-0.4, -0.2) is 17.1 Å². The van der Waals surface area contributed by atoms with E-state index in [4.69, 9.17) is 5.11 Å². The number of para-hydroxylation sites is 1. The van der Waals surface area contributed by atoms with Gasteiger partial charge in [0, 0.05) is 12.5 Å². The number of hydrogen-bond donors (Lipinski definition) is 2. The van der Waals surface area contributed by atoms with Crippen LogP contribution >= 0.6 is 0 Å². The second-order valence-corrected chi connectivity index (χ2v) is 4.94. The fourth-order valence-electron chi connectivity index (χ4n) is 2.56. The van der Waals surface area contributed by atoms with Crippen LogP contribution in [0, 0.1) is 11.7 Å². The van der Waals surface area contributed by atoms with Gasteiger partial charge in [-0.3, -0.25) is 4.79 Å². The van der Waals surface area contributed by atoms with Gasteiger partial charge in [0.15, 0.2) is 0 Å². The molecule has 1 saturated carbocycles. The highest BCUT2D eigenvalue weighted by molar-refractivity contribution is 5.67. The molecule has 0 aromatic heterocycles. The molecule has 0 bridgehead atoms. The SMILES string of the molecule is O=C(O)CC1CCC(Nc2ccccc2F)CC1. The Morgan fingerprint density at radius 1 is 1.28 bits per heavy atom. The van der Waals surface area contributed by atoms with Crippen molar-refractivity contribution in [3.8, 4) is 0 Å². The number of aliphatic carboxylic acids is 1. The minimum atomic E-state index is -0.722. The van der Waals surface area contributed by atoms with E-state index in [0.29, 0.717) is 5.69 Å². The number of benzene rings is 1. The molecule has 1 aromatic carbocycles. The molecule has 1 aliphatic rings. The summed E-state index contributed by atoms with van der Waals surface area (Å²) in [7, 11) is 0. The lowest BCUT2D eigenvalue weighted by Gasteiger charge is -2.29. The summed E-state index contributed by atoms with van der Waals surface area (Å²) in [6.07, 6.45) is 3.88. The Morgan fingerprint density at radius 3 is 2.56 bits per heavy atom. The zero-order valence-electron chi connectivity index (χ0n) is 10.2. The van der Waals surface area contributed by atoms with E-state index in [2.05, 4.69) is 5.32 Å². The summed E-state index contributed by atoms with van der Waals surface area (Å²) in [5.41, 5.74) is 0.541. The number of carboxylic acids is 1. The van der Waals surface area contributed by atoms with Crippen molar-refractivity contribution in [1.29, 1.82) is 0 Å². The molecule has 1 fully saturated rings. The Kier molecular flexibility index (Phi) is 4.18. The van der Waals surface area contributed by atoms with Crippen molar-refractivity contribution < 1.29 is 14.3 Å². The maximum absolute atomic E-state index is 13.5. The molecule has 3 nitrogen and oxygen atoms in total. The van der Waals surface area contributed by atoms with Crippen LogP contribution in [0.15, 0.2) is 24.3 Å². The zero-order chi connectivity index (χ0) is 13.0. The number of rotatable bonds is 4. The quantitative estimate of drug-likeness (QED) is 0.863. The normalized spacial score (nSPS) is 23.6. The van der Waals surface area contributed by atoms with Gasteiger partial charge in [0.2, 0.25) is 0 Å². The van der Waals surface area contributed by atoms with Gasteiger partial charge in [-0.25, -0.2) is 4.39 Å². The summed E-state index contributed by atoms with van der Waals surface area (Å²) >= 11 is 0. The van der Waals surface area contributed by atoms with Crippen molar-refractivity contribution in [3.63, 3.8) is 0 Å². The lowest BCUT2D eigenvalue weighted by molar-refractivity contribution is -0.138. The predicted molar refractivity (Wildman–Crippen MR) is 68.0 cm³/mol. The van der Waals surface area contributed by atoms with E-state index < -0.39 is 5.97 Å². The number of hydrogen-bond acceptors (Lipinski definition) is 2. The van der Waals surface area contributed by atoms with Crippen molar-refractivity contribution >= 4 is 11.7 Å². The molecule has 1 aliphatic carbocycles. The van der Waals surface area contributed by atoms with Crippen LogP contribution < -0.4 is 5.32 Å². The van der Waals surface area contributed by atoms with E-state index in [1.54, 1.807) is 12.1 Å². The van der Waals surface area contributed by atoms with E-state index in [1.165, 1.54) is 6.07 Å². The van der Waals surface area contributed by atoms with Crippen LogP contribution in [0.3, 0.4) is 0 Å². The summed E-state index contributed by atoms with van der Waals surface area (Å²) in [5, 5.41) is 11.9. The monoisotopic (exact) mass is 251 g/mol. The van der Waals surface area contributed by atoms with Crippen molar-refractivity contribution in [1.82, 2.24) is 0 Å². The first kappa shape index (κ1) is 12.9. The summed E-state index contributed by atoms with van der Waals surface area (Å²) in [6, 6.07) is 6.91. The molecule has 0 amide bonds. The maximum atomic E-state index is 13.5. The second kappa shape index (κ2) is 5.85. The highest BCUT2D eigenvalue weighted by atomic mass is 19.1. The molecular formula is C14H18FNO2. The van der Waals surface area contributed by atoms with E-state index >= 15 is 0 Å². The first-order valence-corrected chi connectivity index (χ1v) is 6.38. The van der Waals surface area contributed by atoms with Crippen LogP contribution in [0.4, 0.5) is 10.1 Å². The van der Waals surface area contributed by atoms with Crippen molar-refractivity contribution in [2.45, 2.75) is 38.1 Å². The number of carbonyl (C=O) groups is 1. The summed E-state index contributed by atoms with van der Waals surface area (Å²) in [4.78, 5) is 10.6. The Bertz CT molecular complexity index is 414. The second-order valence-electron chi connectivity index (χ2n) is 4.94. The highest BCUT2D eigenvalue weighted by Gasteiger charge is 2.23. The van der Waals surface area contributed by atoms with E-state index in [1.807, 2.05) is 6.07 Å². The van der Waals surface area contributed by atoms with Gasteiger partial charge in [0.25, 0.3) is 0 Å². The van der Waals surface area contributed by atoms with Crippen LogP contribution in [0.2, 0.25) is 0 Å². The third-order valence-electron chi connectivity index (χ3n) is 3.54. The molecule has 4 heteroatoms. The molecular weight excluding hydrogens is 233 g/mol. The molecule has 0 spiro atoms. The van der Waals surface area contributed by atoms with Crippen molar-refractivity contribution in [2.24, 2.45) is 5.92 Å². The Morgan fingerprint density at radius 2 is 1.94 bits per heavy atom. The van der Waals surface area contributed by atoms with E-state index in [0.717, 1.165) is 25.7 Å². The minimum absolute atomic E-state index is 0.231. The van der Waals surface area contributed by atoms with Gasteiger partial charge in [0.05, 0.1) is 5.69 Å². The average Bonchev–Trinajstić information content (AvgIpc) is 2.34. The van der Waals surface area contributed by atoms with Gasteiger partial charge >= 0.3 is 5.97 Å². The maximum Gasteiger partial charge on any atom is 0.303 e. The lowest BCUT2D eigenvalue weighted by atomic mass is 9.84. The van der Waals surface area contributed by atoms with Crippen LogP contribution in [0.25, 0.3) is 0 Å². The van der Waals surface area contributed by atoms with Gasteiger partial charge in [-0.2, -0.15) is 0 Å². The molecule has 0 aliphatic heterocycles. The number of carboxylic acid groups (broad SMARTS) is 1. The van der Waals surface area contributed by atoms with Gasteiger partial charge in [-0.05, 0) is 43.7 Å². The van der Waals surface area contributed by atoms with E-state index in [-0.39, 0.29) is 24.2 Å². The van der Waals surface area contributed by atoms with Crippen LogP contribution in [0.1, 0.15) is 32.1 Å². The fourth-order valence-corrected chi connectivity index (χ4v) is 2.56. The minimum Gasteiger partial charge on any atom is -0.481 e. The molecule has 2 N–H and O–H groups in total.